The molecule has 0 amide bonds. The monoisotopic (exact) mass is 283 g/mol. The number of aromatic nitrogens is 3. The number of hydrogen-bond donors (Lipinski definition) is 1. The summed E-state index contributed by atoms with van der Waals surface area (Å²) in [4.78, 5) is 14.3. The van der Waals surface area contributed by atoms with Crippen LogP contribution in [0.2, 0.25) is 0 Å². The van der Waals surface area contributed by atoms with Crippen molar-refractivity contribution in [3.63, 3.8) is 0 Å². The van der Waals surface area contributed by atoms with Crippen LogP contribution in [0.25, 0.3) is 5.65 Å². The van der Waals surface area contributed by atoms with Gasteiger partial charge in [-0.3, -0.25) is 9.30 Å². The van der Waals surface area contributed by atoms with Gasteiger partial charge in [-0.2, -0.15) is 0 Å². The highest BCUT2D eigenvalue weighted by Crippen LogP contribution is 2.06. The van der Waals surface area contributed by atoms with E-state index in [1.807, 2.05) is 18.2 Å². The van der Waals surface area contributed by atoms with Gasteiger partial charge in [0.05, 0.1) is 6.54 Å². The van der Waals surface area contributed by atoms with Crippen molar-refractivity contribution in [2.75, 3.05) is 19.6 Å². The summed E-state index contributed by atoms with van der Waals surface area (Å²) in [5.41, 5.74) is 6.48. The van der Waals surface area contributed by atoms with E-state index in [-0.39, 0.29) is 24.1 Å². The van der Waals surface area contributed by atoms with Gasteiger partial charge in [-0.1, -0.05) is 6.07 Å². The van der Waals surface area contributed by atoms with Gasteiger partial charge in [-0.05, 0) is 25.1 Å². The largest absolute Gasteiger partial charge is 0.350 e. The summed E-state index contributed by atoms with van der Waals surface area (Å²) in [6, 6.07) is 5.83. The third kappa shape index (κ3) is 2.80. The Balaban J connectivity index is 0.00000133. The van der Waals surface area contributed by atoms with Crippen LogP contribution >= 0.6 is 12.4 Å². The second kappa shape index (κ2) is 5.73. The molecule has 2 aromatic heterocycles. The van der Waals surface area contributed by atoms with Crippen molar-refractivity contribution in [2.24, 2.45) is 5.73 Å². The van der Waals surface area contributed by atoms with Crippen molar-refractivity contribution < 1.29 is 0 Å². The Morgan fingerprint density at radius 1 is 1.37 bits per heavy atom. The van der Waals surface area contributed by atoms with Crippen LogP contribution < -0.4 is 11.4 Å². The number of hydrogen-bond acceptors (Lipinski definition) is 4. The van der Waals surface area contributed by atoms with Gasteiger partial charge >= 0.3 is 5.69 Å². The molecule has 0 bridgehead atoms. The Bertz CT molecular complexity index is 607. The lowest BCUT2D eigenvalue weighted by atomic mass is 10.3. The molecule has 0 radical (unpaired) electrons. The minimum Gasteiger partial charge on any atom is -0.326 e. The second-order valence-electron chi connectivity index (χ2n) is 4.78. The number of fused-ring (bicyclic) bond motifs is 1. The van der Waals surface area contributed by atoms with Crippen LogP contribution in [0, 0.1) is 0 Å². The molecule has 0 spiro atoms. The van der Waals surface area contributed by atoms with E-state index in [1.54, 1.807) is 10.6 Å². The average Bonchev–Trinajstić information content (AvgIpc) is 2.92. The van der Waals surface area contributed by atoms with Crippen LogP contribution in [0.3, 0.4) is 0 Å². The Kier molecular flexibility index (Phi) is 4.24. The van der Waals surface area contributed by atoms with Crippen LogP contribution in [0.1, 0.15) is 6.42 Å². The molecule has 7 heteroatoms. The van der Waals surface area contributed by atoms with Gasteiger partial charge in [-0.25, -0.2) is 9.48 Å². The van der Waals surface area contributed by atoms with Crippen LogP contribution in [-0.4, -0.2) is 44.8 Å². The molecular weight excluding hydrogens is 266 g/mol. The summed E-state index contributed by atoms with van der Waals surface area (Å²) >= 11 is 0. The molecule has 0 aliphatic carbocycles. The standard InChI is InChI=1S/C12H17N5O.ClH/c13-10-4-6-15(9-10)7-8-17-12(18)16-5-2-1-3-11(16)14-17;/h1-3,5,10H,4,6-9,13H2;1H. The molecule has 0 aromatic carbocycles. The van der Waals surface area contributed by atoms with E-state index in [9.17, 15) is 4.79 Å². The topological polar surface area (TPSA) is 68.6 Å². The number of rotatable bonds is 3. The number of pyridine rings is 1. The summed E-state index contributed by atoms with van der Waals surface area (Å²) in [5.74, 6) is 0. The van der Waals surface area contributed by atoms with E-state index in [0.717, 1.165) is 26.1 Å². The quantitative estimate of drug-likeness (QED) is 0.858. The minimum atomic E-state index is -0.0749. The van der Waals surface area contributed by atoms with Crippen molar-refractivity contribution in [3.8, 4) is 0 Å². The Hall–Kier alpha value is -1.37. The third-order valence-electron chi connectivity index (χ3n) is 3.43. The third-order valence-corrected chi connectivity index (χ3v) is 3.43. The van der Waals surface area contributed by atoms with Crippen molar-refractivity contribution in [2.45, 2.75) is 19.0 Å². The van der Waals surface area contributed by atoms with Gasteiger partial charge < -0.3 is 5.73 Å². The first-order valence-electron chi connectivity index (χ1n) is 6.26. The Morgan fingerprint density at radius 2 is 2.21 bits per heavy atom. The zero-order valence-electron chi connectivity index (χ0n) is 10.6. The molecule has 2 aromatic rings. The van der Waals surface area contributed by atoms with E-state index in [0.29, 0.717) is 12.2 Å². The van der Waals surface area contributed by atoms with Crippen molar-refractivity contribution >= 4 is 18.1 Å². The summed E-state index contributed by atoms with van der Waals surface area (Å²) < 4.78 is 3.09. The summed E-state index contributed by atoms with van der Waals surface area (Å²) in [7, 11) is 0. The van der Waals surface area contributed by atoms with E-state index in [1.165, 1.54) is 4.68 Å². The maximum absolute atomic E-state index is 12.0. The van der Waals surface area contributed by atoms with Gasteiger partial charge in [0.15, 0.2) is 5.65 Å². The maximum Gasteiger partial charge on any atom is 0.350 e. The number of halogens is 1. The van der Waals surface area contributed by atoms with Crippen LogP contribution in [0.5, 0.6) is 0 Å². The van der Waals surface area contributed by atoms with E-state index >= 15 is 0 Å². The fourth-order valence-corrected chi connectivity index (χ4v) is 2.42. The molecule has 2 N–H and O–H groups in total. The van der Waals surface area contributed by atoms with Gasteiger partial charge in [0.1, 0.15) is 0 Å². The second-order valence-corrected chi connectivity index (χ2v) is 4.78. The zero-order valence-corrected chi connectivity index (χ0v) is 11.4. The lowest BCUT2D eigenvalue weighted by molar-refractivity contribution is 0.310. The van der Waals surface area contributed by atoms with Crippen molar-refractivity contribution in [1.29, 1.82) is 0 Å². The highest BCUT2D eigenvalue weighted by Gasteiger charge is 2.18. The molecule has 1 atom stereocenters. The average molecular weight is 284 g/mol. The van der Waals surface area contributed by atoms with E-state index in [4.69, 9.17) is 5.73 Å². The van der Waals surface area contributed by atoms with Crippen LogP contribution in [-0.2, 0) is 6.54 Å². The first kappa shape index (κ1) is 14.0. The van der Waals surface area contributed by atoms with Gasteiger partial charge in [0.25, 0.3) is 0 Å². The summed E-state index contributed by atoms with van der Waals surface area (Å²) in [6.45, 7) is 3.39. The predicted octanol–water partition coefficient (Wildman–Crippen LogP) is -0.0492. The first-order chi connectivity index (χ1) is 8.74. The molecule has 19 heavy (non-hydrogen) atoms. The molecule has 3 heterocycles. The van der Waals surface area contributed by atoms with Gasteiger partial charge in [0.2, 0.25) is 0 Å². The number of nitrogens with two attached hydrogens (primary N) is 1. The van der Waals surface area contributed by atoms with E-state index in [2.05, 4.69) is 10.00 Å². The maximum atomic E-state index is 12.0. The molecule has 1 aliphatic heterocycles. The first-order valence-corrected chi connectivity index (χ1v) is 6.26. The number of likely N-dealkylation sites (tertiary alicyclic amines) is 1. The SMILES string of the molecule is Cl.NC1CCN(CCn2nc3ccccn3c2=O)C1. The van der Waals surface area contributed by atoms with Gasteiger partial charge in [-0.15, -0.1) is 17.5 Å². The fourth-order valence-electron chi connectivity index (χ4n) is 2.42. The molecule has 1 saturated heterocycles. The Morgan fingerprint density at radius 3 is 2.89 bits per heavy atom. The minimum absolute atomic E-state index is 0. The smallest absolute Gasteiger partial charge is 0.326 e. The van der Waals surface area contributed by atoms with Crippen LogP contribution in [0.15, 0.2) is 29.2 Å². The number of nitrogens with zero attached hydrogens (tertiary/aromatic N) is 4. The summed E-state index contributed by atoms with van der Waals surface area (Å²) in [6.07, 6.45) is 2.78. The van der Waals surface area contributed by atoms with E-state index < -0.39 is 0 Å². The van der Waals surface area contributed by atoms with Gasteiger partial charge in [0, 0.05) is 25.3 Å². The molecule has 1 fully saturated rings. The van der Waals surface area contributed by atoms with Crippen molar-refractivity contribution in [1.82, 2.24) is 19.1 Å². The van der Waals surface area contributed by atoms with Crippen LogP contribution in [0.4, 0.5) is 0 Å². The molecule has 0 saturated carbocycles. The fraction of sp³-hybridized carbons (Fsp3) is 0.500. The molecule has 3 rings (SSSR count). The lowest BCUT2D eigenvalue weighted by Gasteiger charge is -2.13. The molecule has 1 aliphatic rings. The molecular formula is C12H18ClN5O. The normalized spacial score (nSPS) is 19.7. The predicted molar refractivity (Wildman–Crippen MR) is 75.7 cm³/mol. The zero-order chi connectivity index (χ0) is 12.5. The Labute approximate surface area is 117 Å². The highest BCUT2D eigenvalue weighted by atomic mass is 35.5. The molecule has 1 unspecified atom stereocenters. The highest BCUT2D eigenvalue weighted by molar-refractivity contribution is 5.85. The molecule has 6 nitrogen and oxygen atoms in total. The van der Waals surface area contributed by atoms with Crippen molar-refractivity contribution in [3.05, 3.63) is 34.9 Å². The summed E-state index contributed by atoms with van der Waals surface area (Å²) in [5, 5.41) is 4.30. The molecule has 104 valence electrons. The lowest BCUT2D eigenvalue weighted by Crippen LogP contribution is -2.32.